The molecule has 0 radical (unpaired) electrons. The van der Waals surface area contributed by atoms with Gasteiger partial charge in [0.25, 0.3) is 11.8 Å². The fourth-order valence-electron chi connectivity index (χ4n) is 2.41. The van der Waals surface area contributed by atoms with Crippen LogP contribution in [0.1, 0.15) is 17.3 Å². The molecule has 2 aromatic carbocycles. The molecule has 0 saturated carbocycles. The Labute approximate surface area is 194 Å². The average Bonchev–Trinajstić information content (AvgIpc) is 2.76. The topological polar surface area (TPSA) is 126 Å². The minimum Gasteiger partial charge on any atom is -0.484 e. The summed E-state index contributed by atoms with van der Waals surface area (Å²) in [5, 5.41) is 10.6. The molecule has 170 valence electrons. The van der Waals surface area contributed by atoms with Gasteiger partial charge in [0.2, 0.25) is 11.8 Å². The Morgan fingerprint density at radius 1 is 0.844 bits per heavy atom. The lowest BCUT2D eigenvalue weighted by atomic mass is 10.2. The Kier molecular flexibility index (Phi) is 9.77. The van der Waals surface area contributed by atoms with Crippen LogP contribution in [-0.2, 0) is 14.4 Å². The predicted molar refractivity (Wildman–Crippen MR) is 121 cm³/mol. The highest BCUT2D eigenvalue weighted by atomic mass is 35.5. The number of benzene rings is 2. The zero-order valence-electron chi connectivity index (χ0n) is 17.2. The molecular weight excluding hydrogens is 459 g/mol. The molecule has 0 atom stereocenters. The van der Waals surface area contributed by atoms with E-state index in [1.807, 2.05) is 6.92 Å². The van der Waals surface area contributed by atoms with Crippen LogP contribution in [0.2, 0.25) is 10.0 Å². The van der Waals surface area contributed by atoms with Gasteiger partial charge in [-0.1, -0.05) is 23.2 Å². The molecule has 0 saturated heterocycles. The first kappa shape index (κ1) is 25.0. The minimum absolute atomic E-state index is 0.105. The summed E-state index contributed by atoms with van der Waals surface area (Å²) in [6.07, 6.45) is 0. The van der Waals surface area contributed by atoms with E-state index < -0.39 is 17.7 Å². The molecule has 0 aromatic heterocycles. The van der Waals surface area contributed by atoms with Gasteiger partial charge in [-0.05, 0) is 49.4 Å². The summed E-state index contributed by atoms with van der Waals surface area (Å²) >= 11 is 11.7. The molecule has 0 heterocycles. The van der Waals surface area contributed by atoms with Gasteiger partial charge in [0.05, 0.1) is 23.7 Å². The lowest BCUT2D eigenvalue weighted by molar-refractivity contribution is -0.123. The zero-order chi connectivity index (χ0) is 23.5. The van der Waals surface area contributed by atoms with Crippen LogP contribution >= 0.6 is 23.2 Å². The number of carbonyl (C=O) groups is 4. The molecule has 11 heteroatoms. The summed E-state index contributed by atoms with van der Waals surface area (Å²) in [5.74, 6) is -1.30. The van der Waals surface area contributed by atoms with Gasteiger partial charge in [-0.3, -0.25) is 19.2 Å². The van der Waals surface area contributed by atoms with Crippen LogP contribution in [0.25, 0.3) is 0 Å². The number of hydrogen-bond donors (Lipinski definition) is 4. The lowest BCUT2D eigenvalue weighted by Crippen LogP contribution is -2.40. The molecular formula is C21H22Cl2N4O5. The fraction of sp³-hybridized carbons (Fsp3) is 0.238. The van der Waals surface area contributed by atoms with Gasteiger partial charge in [0.15, 0.2) is 6.61 Å². The second-order valence-electron chi connectivity index (χ2n) is 6.40. The third-order valence-corrected chi connectivity index (χ3v) is 4.46. The van der Waals surface area contributed by atoms with Crippen molar-refractivity contribution in [2.24, 2.45) is 0 Å². The normalized spacial score (nSPS) is 10.1. The monoisotopic (exact) mass is 480 g/mol. The average molecular weight is 481 g/mol. The zero-order valence-corrected chi connectivity index (χ0v) is 18.7. The molecule has 2 aromatic rings. The molecule has 4 amide bonds. The van der Waals surface area contributed by atoms with Crippen LogP contribution in [0, 0.1) is 0 Å². The molecule has 0 aliphatic rings. The lowest BCUT2D eigenvalue weighted by Gasteiger charge is -2.10. The largest absolute Gasteiger partial charge is 0.484 e. The van der Waals surface area contributed by atoms with Gasteiger partial charge in [-0.15, -0.1) is 0 Å². The van der Waals surface area contributed by atoms with Crippen molar-refractivity contribution in [2.75, 3.05) is 31.6 Å². The first-order valence-corrected chi connectivity index (χ1v) is 10.3. The summed E-state index contributed by atoms with van der Waals surface area (Å²) in [6, 6.07) is 10.8. The summed E-state index contributed by atoms with van der Waals surface area (Å²) in [7, 11) is 0. The molecule has 0 aliphatic carbocycles. The van der Waals surface area contributed by atoms with Crippen molar-refractivity contribution in [2.45, 2.75) is 6.92 Å². The van der Waals surface area contributed by atoms with Crippen molar-refractivity contribution >= 4 is 52.5 Å². The molecule has 9 nitrogen and oxygen atoms in total. The van der Waals surface area contributed by atoms with Crippen molar-refractivity contribution < 1.29 is 23.9 Å². The quantitative estimate of drug-likeness (QED) is 0.413. The number of likely N-dealkylation sites (N-methyl/N-ethyl adjacent to an activating group) is 1. The maximum absolute atomic E-state index is 12.1. The molecule has 2 rings (SSSR count). The number of anilines is 1. The van der Waals surface area contributed by atoms with E-state index in [1.165, 1.54) is 18.2 Å². The first-order valence-electron chi connectivity index (χ1n) is 9.58. The van der Waals surface area contributed by atoms with Crippen LogP contribution in [0.5, 0.6) is 5.75 Å². The Morgan fingerprint density at radius 3 is 2.19 bits per heavy atom. The third kappa shape index (κ3) is 8.44. The maximum Gasteiger partial charge on any atom is 0.257 e. The number of hydrogen-bond acceptors (Lipinski definition) is 5. The van der Waals surface area contributed by atoms with Crippen LogP contribution < -0.4 is 26.0 Å². The Bertz CT molecular complexity index is 983. The summed E-state index contributed by atoms with van der Waals surface area (Å²) < 4.78 is 5.32. The van der Waals surface area contributed by atoms with Gasteiger partial charge >= 0.3 is 0 Å². The molecule has 32 heavy (non-hydrogen) atoms. The highest BCUT2D eigenvalue weighted by Crippen LogP contribution is 2.20. The van der Waals surface area contributed by atoms with Crippen molar-refractivity contribution in [3.05, 3.63) is 58.1 Å². The molecule has 0 bridgehead atoms. The number of nitrogens with one attached hydrogen (secondary N) is 4. The second kappa shape index (κ2) is 12.5. The van der Waals surface area contributed by atoms with Crippen LogP contribution in [-0.4, -0.2) is 49.9 Å². The number of carbonyl (C=O) groups excluding carboxylic acids is 4. The Balaban J connectivity index is 1.71. The molecule has 4 N–H and O–H groups in total. The van der Waals surface area contributed by atoms with Gasteiger partial charge < -0.3 is 26.0 Å². The standard InChI is InChI=1S/C21H22Cl2N4O5/c1-2-24-20(30)12-32-15-6-4-14(5-7-15)27-19(29)11-25-18(28)10-26-21(31)16-8-3-13(22)9-17(16)23/h3-9H,2,10-12H2,1H3,(H,24,30)(H,25,28)(H,26,31)(H,27,29). The Hall–Kier alpha value is -3.30. The van der Waals surface area contributed by atoms with Gasteiger partial charge in [-0.2, -0.15) is 0 Å². The SMILES string of the molecule is CCNC(=O)COc1ccc(NC(=O)CNC(=O)CNC(=O)c2ccc(Cl)cc2Cl)cc1. The van der Waals surface area contributed by atoms with E-state index in [0.29, 0.717) is 23.0 Å². The van der Waals surface area contributed by atoms with Crippen molar-refractivity contribution in [1.29, 1.82) is 0 Å². The first-order chi connectivity index (χ1) is 15.3. The highest BCUT2D eigenvalue weighted by molar-refractivity contribution is 6.36. The van der Waals surface area contributed by atoms with E-state index in [-0.39, 0.29) is 36.2 Å². The van der Waals surface area contributed by atoms with E-state index >= 15 is 0 Å². The van der Waals surface area contributed by atoms with Crippen LogP contribution in [0.3, 0.4) is 0 Å². The van der Waals surface area contributed by atoms with E-state index in [2.05, 4.69) is 21.3 Å². The van der Waals surface area contributed by atoms with E-state index in [0.717, 1.165) is 0 Å². The van der Waals surface area contributed by atoms with E-state index in [4.69, 9.17) is 27.9 Å². The number of amides is 4. The number of ether oxygens (including phenoxy) is 1. The third-order valence-electron chi connectivity index (χ3n) is 3.91. The van der Waals surface area contributed by atoms with Crippen LogP contribution in [0.15, 0.2) is 42.5 Å². The summed E-state index contributed by atoms with van der Waals surface area (Å²) in [5.41, 5.74) is 0.667. The van der Waals surface area contributed by atoms with Crippen molar-refractivity contribution in [3.8, 4) is 5.75 Å². The molecule has 0 unspecified atom stereocenters. The van der Waals surface area contributed by atoms with Crippen molar-refractivity contribution in [1.82, 2.24) is 16.0 Å². The molecule has 0 fully saturated rings. The minimum atomic E-state index is -0.548. The van der Waals surface area contributed by atoms with E-state index in [1.54, 1.807) is 24.3 Å². The van der Waals surface area contributed by atoms with Crippen molar-refractivity contribution in [3.63, 3.8) is 0 Å². The smallest absolute Gasteiger partial charge is 0.257 e. The second-order valence-corrected chi connectivity index (χ2v) is 7.24. The maximum atomic E-state index is 12.1. The Morgan fingerprint density at radius 2 is 1.53 bits per heavy atom. The summed E-state index contributed by atoms with van der Waals surface area (Å²) in [4.78, 5) is 47.3. The van der Waals surface area contributed by atoms with Gasteiger partial charge in [0, 0.05) is 17.3 Å². The molecule has 0 spiro atoms. The van der Waals surface area contributed by atoms with E-state index in [9.17, 15) is 19.2 Å². The number of rotatable bonds is 10. The van der Waals surface area contributed by atoms with Crippen LogP contribution in [0.4, 0.5) is 5.69 Å². The summed E-state index contributed by atoms with van der Waals surface area (Å²) in [6.45, 7) is 1.61. The highest BCUT2D eigenvalue weighted by Gasteiger charge is 2.13. The van der Waals surface area contributed by atoms with Gasteiger partial charge in [-0.25, -0.2) is 0 Å². The number of halogens is 2. The predicted octanol–water partition coefficient (Wildman–Crippen LogP) is 1.99. The fourth-order valence-corrected chi connectivity index (χ4v) is 2.90. The molecule has 0 aliphatic heterocycles. The van der Waals surface area contributed by atoms with Gasteiger partial charge in [0.1, 0.15) is 5.75 Å².